The summed E-state index contributed by atoms with van der Waals surface area (Å²) >= 11 is 15.6. The lowest BCUT2D eigenvalue weighted by Crippen LogP contribution is -2.22. The number of hydrogen-bond donors (Lipinski definition) is 1. The Morgan fingerprint density at radius 2 is 1.65 bits per heavy atom. The van der Waals surface area contributed by atoms with Crippen molar-refractivity contribution in [3.8, 4) is 0 Å². The van der Waals surface area contributed by atoms with Crippen molar-refractivity contribution < 1.29 is 0 Å². The molecule has 2 atom stereocenters. The molecule has 20 heavy (non-hydrogen) atoms. The van der Waals surface area contributed by atoms with E-state index in [0.717, 1.165) is 10.0 Å². The second-order valence-electron chi connectivity index (χ2n) is 4.81. The van der Waals surface area contributed by atoms with E-state index in [4.69, 9.17) is 23.2 Å². The van der Waals surface area contributed by atoms with Gasteiger partial charge in [-0.25, -0.2) is 0 Å². The molecule has 0 aliphatic heterocycles. The monoisotopic (exact) mass is 371 g/mol. The molecule has 0 radical (unpaired) electrons. The smallest absolute Gasteiger partial charge is 0.0595 e. The van der Waals surface area contributed by atoms with Gasteiger partial charge in [0.2, 0.25) is 0 Å². The number of rotatable bonds is 4. The summed E-state index contributed by atoms with van der Waals surface area (Å²) in [7, 11) is 0. The summed E-state index contributed by atoms with van der Waals surface area (Å²) in [6.07, 6.45) is 0. The molecule has 0 saturated carbocycles. The van der Waals surface area contributed by atoms with Crippen LogP contribution < -0.4 is 5.32 Å². The number of halogens is 3. The lowest BCUT2D eigenvalue weighted by molar-refractivity contribution is 0.493. The average Bonchev–Trinajstić information content (AvgIpc) is 2.42. The summed E-state index contributed by atoms with van der Waals surface area (Å²) in [6, 6.07) is 14.4. The zero-order valence-electron chi connectivity index (χ0n) is 11.3. The van der Waals surface area contributed by atoms with Crippen LogP contribution >= 0.6 is 39.1 Å². The molecule has 2 aromatic carbocycles. The minimum absolute atomic E-state index is 0.187. The van der Waals surface area contributed by atoms with E-state index in [9.17, 15) is 0 Å². The fourth-order valence-corrected chi connectivity index (χ4v) is 3.10. The van der Waals surface area contributed by atoms with Crippen LogP contribution in [0.15, 0.2) is 46.9 Å². The first-order chi connectivity index (χ1) is 9.49. The van der Waals surface area contributed by atoms with E-state index in [2.05, 4.69) is 47.2 Å². The Morgan fingerprint density at radius 3 is 2.30 bits per heavy atom. The molecule has 0 aromatic heterocycles. The fraction of sp³-hybridized carbons (Fsp3) is 0.250. The van der Waals surface area contributed by atoms with Crippen molar-refractivity contribution in [1.29, 1.82) is 0 Å². The molecule has 0 fully saturated rings. The summed E-state index contributed by atoms with van der Waals surface area (Å²) in [5.41, 5.74) is 2.36. The van der Waals surface area contributed by atoms with Gasteiger partial charge in [-0.15, -0.1) is 0 Å². The van der Waals surface area contributed by atoms with Gasteiger partial charge in [0.05, 0.1) is 10.0 Å². The summed E-state index contributed by atoms with van der Waals surface area (Å²) in [5.74, 6) is 0. The Labute approximate surface area is 138 Å². The van der Waals surface area contributed by atoms with Gasteiger partial charge in [-0.3, -0.25) is 0 Å². The largest absolute Gasteiger partial charge is 0.304 e. The predicted octanol–water partition coefficient (Wildman–Crippen LogP) is 6.17. The summed E-state index contributed by atoms with van der Waals surface area (Å²) in [5, 5.41) is 4.74. The number of nitrogens with one attached hydrogen (secondary N) is 1. The third-order valence-corrected chi connectivity index (χ3v) is 4.78. The predicted molar refractivity (Wildman–Crippen MR) is 90.6 cm³/mol. The van der Waals surface area contributed by atoms with Gasteiger partial charge in [0.25, 0.3) is 0 Å². The summed E-state index contributed by atoms with van der Waals surface area (Å²) in [6.45, 7) is 4.26. The highest BCUT2D eigenvalue weighted by atomic mass is 79.9. The van der Waals surface area contributed by atoms with E-state index in [1.54, 1.807) is 0 Å². The lowest BCUT2D eigenvalue weighted by Gasteiger charge is -2.22. The van der Waals surface area contributed by atoms with Crippen LogP contribution in [0.25, 0.3) is 0 Å². The molecule has 0 aliphatic carbocycles. The normalized spacial score (nSPS) is 14.1. The van der Waals surface area contributed by atoms with Gasteiger partial charge < -0.3 is 5.32 Å². The van der Waals surface area contributed by atoms with Gasteiger partial charge in [-0.05, 0) is 43.2 Å². The van der Waals surface area contributed by atoms with Gasteiger partial charge in [-0.1, -0.05) is 63.4 Å². The van der Waals surface area contributed by atoms with Crippen LogP contribution in [0.2, 0.25) is 10.0 Å². The quantitative estimate of drug-likeness (QED) is 0.676. The average molecular weight is 373 g/mol. The van der Waals surface area contributed by atoms with E-state index in [1.807, 2.05) is 30.3 Å². The molecular formula is C16H16BrCl2N. The fourth-order valence-electron chi connectivity index (χ4n) is 2.17. The van der Waals surface area contributed by atoms with Gasteiger partial charge in [-0.2, -0.15) is 0 Å². The topological polar surface area (TPSA) is 12.0 Å². The maximum absolute atomic E-state index is 6.07. The second kappa shape index (κ2) is 6.95. The minimum atomic E-state index is 0.187. The molecule has 1 nitrogen and oxygen atoms in total. The molecular weight excluding hydrogens is 357 g/mol. The van der Waals surface area contributed by atoms with Crippen LogP contribution in [-0.4, -0.2) is 0 Å². The first kappa shape index (κ1) is 15.8. The van der Waals surface area contributed by atoms with Crippen LogP contribution in [0.1, 0.15) is 37.1 Å². The van der Waals surface area contributed by atoms with Crippen molar-refractivity contribution in [1.82, 2.24) is 5.32 Å². The second-order valence-corrected chi connectivity index (χ2v) is 6.47. The maximum atomic E-state index is 6.07. The van der Waals surface area contributed by atoms with Gasteiger partial charge in [0.15, 0.2) is 0 Å². The van der Waals surface area contributed by atoms with Crippen LogP contribution in [0, 0.1) is 0 Å². The molecule has 0 spiro atoms. The van der Waals surface area contributed by atoms with Crippen LogP contribution in [0.4, 0.5) is 0 Å². The molecule has 4 heteroatoms. The van der Waals surface area contributed by atoms with E-state index < -0.39 is 0 Å². The molecule has 1 unspecified atom stereocenters. The Hall–Kier alpha value is -0.540. The van der Waals surface area contributed by atoms with Gasteiger partial charge in [0, 0.05) is 16.6 Å². The molecule has 0 aliphatic rings. The van der Waals surface area contributed by atoms with Crippen LogP contribution in [0.3, 0.4) is 0 Å². The molecule has 2 rings (SSSR count). The molecule has 0 amide bonds. The number of hydrogen-bond acceptors (Lipinski definition) is 1. The van der Waals surface area contributed by atoms with Crippen molar-refractivity contribution in [3.05, 3.63) is 68.1 Å². The Bertz CT molecular complexity index is 601. The molecule has 0 saturated heterocycles. The van der Waals surface area contributed by atoms with E-state index in [-0.39, 0.29) is 12.1 Å². The highest BCUT2D eigenvalue weighted by Gasteiger charge is 2.13. The molecule has 2 aromatic rings. The first-order valence-electron chi connectivity index (χ1n) is 6.44. The van der Waals surface area contributed by atoms with Crippen molar-refractivity contribution >= 4 is 39.1 Å². The summed E-state index contributed by atoms with van der Waals surface area (Å²) in [4.78, 5) is 0. The Kier molecular flexibility index (Phi) is 5.50. The van der Waals surface area contributed by atoms with Crippen molar-refractivity contribution in [2.24, 2.45) is 0 Å². The van der Waals surface area contributed by atoms with Gasteiger partial charge in [0.1, 0.15) is 0 Å². The maximum Gasteiger partial charge on any atom is 0.0595 e. The minimum Gasteiger partial charge on any atom is -0.304 e. The van der Waals surface area contributed by atoms with E-state index in [1.165, 1.54) is 5.56 Å². The SMILES string of the molecule is CC(N[C@@H](C)c1ccccc1Br)c1ccc(Cl)c(Cl)c1. The molecule has 0 bridgehead atoms. The summed E-state index contributed by atoms with van der Waals surface area (Å²) < 4.78 is 1.11. The van der Waals surface area contributed by atoms with E-state index >= 15 is 0 Å². The highest BCUT2D eigenvalue weighted by Crippen LogP contribution is 2.28. The lowest BCUT2D eigenvalue weighted by atomic mass is 10.0. The molecule has 1 N–H and O–H groups in total. The van der Waals surface area contributed by atoms with Crippen LogP contribution in [-0.2, 0) is 0 Å². The molecule has 106 valence electrons. The Morgan fingerprint density at radius 1 is 0.950 bits per heavy atom. The first-order valence-corrected chi connectivity index (χ1v) is 7.99. The van der Waals surface area contributed by atoms with Crippen molar-refractivity contribution in [2.75, 3.05) is 0 Å². The zero-order chi connectivity index (χ0) is 14.7. The highest BCUT2D eigenvalue weighted by molar-refractivity contribution is 9.10. The third-order valence-electron chi connectivity index (χ3n) is 3.32. The zero-order valence-corrected chi connectivity index (χ0v) is 14.4. The third kappa shape index (κ3) is 3.76. The number of benzene rings is 2. The van der Waals surface area contributed by atoms with Crippen LogP contribution in [0.5, 0.6) is 0 Å². The van der Waals surface area contributed by atoms with E-state index in [0.29, 0.717) is 10.0 Å². The molecule has 0 heterocycles. The Balaban J connectivity index is 2.13. The van der Waals surface area contributed by atoms with Crippen molar-refractivity contribution in [2.45, 2.75) is 25.9 Å². The standard InChI is InChI=1S/C16H16BrCl2N/c1-10(12-7-8-15(18)16(19)9-12)20-11(2)13-5-3-4-6-14(13)17/h3-11,20H,1-2H3/t10?,11-/m0/s1. The van der Waals surface area contributed by atoms with Crippen molar-refractivity contribution in [3.63, 3.8) is 0 Å². The van der Waals surface area contributed by atoms with Gasteiger partial charge >= 0.3 is 0 Å².